The monoisotopic (exact) mass is 299 g/mol. The first-order chi connectivity index (χ1) is 8.10. The van der Waals surface area contributed by atoms with Crippen LogP contribution in [0, 0.1) is 12.8 Å². The zero-order chi connectivity index (χ0) is 12.4. The van der Waals surface area contributed by atoms with E-state index in [1.54, 1.807) is 7.11 Å². The standard InChI is InChI=1S/C12H18BrN3O/c1-8-7-16(5-4-10(8)13)11-6-12(17-3)15-9(2)14-11/h6,8,10H,4-5,7H2,1-3H3. The maximum Gasteiger partial charge on any atom is 0.218 e. The number of alkyl halides is 1. The number of methoxy groups -OCH3 is 1. The van der Waals surface area contributed by atoms with E-state index in [4.69, 9.17) is 4.74 Å². The molecule has 2 unspecified atom stereocenters. The first-order valence-electron chi connectivity index (χ1n) is 5.89. The average Bonchev–Trinajstić information content (AvgIpc) is 2.32. The van der Waals surface area contributed by atoms with Crippen molar-refractivity contribution in [2.75, 3.05) is 25.1 Å². The fraction of sp³-hybridized carbons (Fsp3) is 0.667. The van der Waals surface area contributed by atoms with Crippen LogP contribution in [0.4, 0.5) is 5.82 Å². The summed E-state index contributed by atoms with van der Waals surface area (Å²) in [7, 11) is 1.64. The van der Waals surface area contributed by atoms with Crippen molar-refractivity contribution < 1.29 is 4.74 Å². The Morgan fingerprint density at radius 3 is 2.88 bits per heavy atom. The second-order valence-electron chi connectivity index (χ2n) is 4.54. The van der Waals surface area contributed by atoms with Gasteiger partial charge >= 0.3 is 0 Å². The lowest BCUT2D eigenvalue weighted by molar-refractivity contribution is 0.394. The molecule has 2 rings (SSSR count). The van der Waals surface area contributed by atoms with Gasteiger partial charge in [0.1, 0.15) is 11.6 Å². The highest BCUT2D eigenvalue weighted by Crippen LogP contribution is 2.27. The van der Waals surface area contributed by atoms with Gasteiger partial charge in [-0.1, -0.05) is 22.9 Å². The molecule has 2 atom stereocenters. The first kappa shape index (κ1) is 12.6. The Balaban J connectivity index is 2.19. The molecule has 0 spiro atoms. The predicted octanol–water partition coefficient (Wildman–Crippen LogP) is 2.40. The van der Waals surface area contributed by atoms with Gasteiger partial charge in [-0.3, -0.25) is 0 Å². The van der Waals surface area contributed by atoms with Gasteiger partial charge in [0.2, 0.25) is 5.88 Å². The minimum Gasteiger partial charge on any atom is -0.481 e. The number of anilines is 1. The fourth-order valence-corrected chi connectivity index (χ4v) is 2.49. The molecule has 1 aromatic rings. The molecule has 0 aliphatic carbocycles. The van der Waals surface area contributed by atoms with Crippen molar-refractivity contribution in [3.8, 4) is 5.88 Å². The lowest BCUT2D eigenvalue weighted by Crippen LogP contribution is -2.40. The predicted molar refractivity (Wildman–Crippen MR) is 72.0 cm³/mol. The van der Waals surface area contributed by atoms with E-state index in [9.17, 15) is 0 Å². The minimum atomic E-state index is 0.614. The normalized spacial score (nSPS) is 24.8. The Kier molecular flexibility index (Phi) is 3.86. The van der Waals surface area contributed by atoms with Crippen LogP contribution >= 0.6 is 15.9 Å². The van der Waals surface area contributed by atoms with Crippen LogP contribution in [0.15, 0.2) is 6.07 Å². The maximum absolute atomic E-state index is 5.19. The molecule has 0 radical (unpaired) electrons. The first-order valence-corrected chi connectivity index (χ1v) is 6.80. The molecule has 0 aromatic carbocycles. The zero-order valence-corrected chi connectivity index (χ0v) is 12.1. The van der Waals surface area contributed by atoms with Gasteiger partial charge in [0, 0.05) is 24.0 Å². The zero-order valence-electron chi connectivity index (χ0n) is 10.5. The van der Waals surface area contributed by atoms with Gasteiger partial charge in [0.15, 0.2) is 0 Å². The molecular formula is C12H18BrN3O. The molecule has 2 heterocycles. The van der Waals surface area contributed by atoms with Gasteiger partial charge in [-0.05, 0) is 19.3 Å². The third-order valence-electron chi connectivity index (χ3n) is 3.13. The van der Waals surface area contributed by atoms with E-state index in [1.165, 1.54) is 0 Å². The lowest BCUT2D eigenvalue weighted by Gasteiger charge is -2.35. The minimum absolute atomic E-state index is 0.614. The number of rotatable bonds is 2. The third kappa shape index (κ3) is 2.89. The van der Waals surface area contributed by atoms with Crippen molar-refractivity contribution in [1.29, 1.82) is 0 Å². The third-order valence-corrected chi connectivity index (χ3v) is 4.49. The number of hydrogen-bond donors (Lipinski definition) is 0. The van der Waals surface area contributed by atoms with Crippen LogP contribution in [0.3, 0.4) is 0 Å². The molecule has 0 amide bonds. The Morgan fingerprint density at radius 2 is 2.24 bits per heavy atom. The second kappa shape index (κ2) is 5.21. The molecule has 0 bridgehead atoms. The van der Waals surface area contributed by atoms with Crippen molar-refractivity contribution >= 4 is 21.7 Å². The highest BCUT2D eigenvalue weighted by atomic mass is 79.9. The average molecular weight is 300 g/mol. The topological polar surface area (TPSA) is 38.2 Å². The van der Waals surface area contributed by atoms with Gasteiger partial charge in [-0.2, -0.15) is 4.98 Å². The second-order valence-corrected chi connectivity index (χ2v) is 5.72. The number of piperidine rings is 1. The van der Waals surface area contributed by atoms with Crippen LogP contribution in [-0.4, -0.2) is 35.0 Å². The Labute approximate surface area is 111 Å². The molecule has 5 heteroatoms. The van der Waals surface area contributed by atoms with Crippen molar-refractivity contribution in [2.45, 2.75) is 25.1 Å². The van der Waals surface area contributed by atoms with Crippen LogP contribution in [0.25, 0.3) is 0 Å². The van der Waals surface area contributed by atoms with Crippen molar-refractivity contribution in [3.63, 3.8) is 0 Å². The molecule has 94 valence electrons. The molecule has 4 nitrogen and oxygen atoms in total. The summed E-state index contributed by atoms with van der Waals surface area (Å²) in [5, 5.41) is 0. The van der Waals surface area contributed by atoms with Gasteiger partial charge in [0.05, 0.1) is 7.11 Å². The quantitative estimate of drug-likeness (QED) is 0.786. The van der Waals surface area contributed by atoms with E-state index >= 15 is 0 Å². The smallest absolute Gasteiger partial charge is 0.218 e. The molecule has 1 aromatic heterocycles. The number of aromatic nitrogens is 2. The van der Waals surface area contributed by atoms with Crippen LogP contribution in [0.5, 0.6) is 5.88 Å². The summed E-state index contributed by atoms with van der Waals surface area (Å²) in [4.78, 5) is 11.6. The van der Waals surface area contributed by atoms with Gasteiger partial charge in [0.25, 0.3) is 0 Å². The number of halogens is 1. The molecule has 17 heavy (non-hydrogen) atoms. The van der Waals surface area contributed by atoms with Gasteiger partial charge in [-0.25, -0.2) is 4.98 Å². The Morgan fingerprint density at radius 1 is 1.47 bits per heavy atom. The van der Waals surface area contributed by atoms with E-state index in [-0.39, 0.29) is 0 Å². The summed E-state index contributed by atoms with van der Waals surface area (Å²) in [6, 6.07) is 1.91. The largest absolute Gasteiger partial charge is 0.481 e. The Hall–Kier alpha value is -0.840. The fourth-order valence-electron chi connectivity index (χ4n) is 2.12. The van der Waals surface area contributed by atoms with E-state index < -0.39 is 0 Å². The number of ether oxygens (including phenoxy) is 1. The molecule has 1 saturated heterocycles. The molecule has 1 aliphatic rings. The molecule has 0 saturated carbocycles. The molecule has 1 aliphatic heterocycles. The van der Waals surface area contributed by atoms with E-state index in [0.29, 0.717) is 16.6 Å². The highest BCUT2D eigenvalue weighted by Gasteiger charge is 2.25. The summed E-state index contributed by atoms with van der Waals surface area (Å²) in [5.41, 5.74) is 0. The van der Waals surface area contributed by atoms with Crippen LogP contribution < -0.4 is 9.64 Å². The summed E-state index contributed by atoms with van der Waals surface area (Å²) in [6.07, 6.45) is 1.15. The summed E-state index contributed by atoms with van der Waals surface area (Å²) < 4.78 is 5.19. The number of hydrogen-bond acceptors (Lipinski definition) is 4. The molecule has 1 fully saturated rings. The molecule has 0 N–H and O–H groups in total. The maximum atomic E-state index is 5.19. The van der Waals surface area contributed by atoms with Gasteiger partial charge in [-0.15, -0.1) is 0 Å². The summed E-state index contributed by atoms with van der Waals surface area (Å²) in [5.74, 6) is 3.00. The lowest BCUT2D eigenvalue weighted by atomic mass is 10.0. The number of nitrogens with zero attached hydrogens (tertiary/aromatic N) is 3. The number of aryl methyl sites for hydroxylation is 1. The Bertz CT molecular complexity index is 399. The highest BCUT2D eigenvalue weighted by molar-refractivity contribution is 9.09. The van der Waals surface area contributed by atoms with Gasteiger partial charge < -0.3 is 9.64 Å². The van der Waals surface area contributed by atoms with Crippen LogP contribution in [0.1, 0.15) is 19.2 Å². The van der Waals surface area contributed by atoms with Crippen LogP contribution in [-0.2, 0) is 0 Å². The van der Waals surface area contributed by atoms with Crippen molar-refractivity contribution in [1.82, 2.24) is 9.97 Å². The van der Waals surface area contributed by atoms with E-state index in [1.807, 2.05) is 13.0 Å². The van der Waals surface area contributed by atoms with Crippen LogP contribution in [0.2, 0.25) is 0 Å². The van der Waals surface area contributed by atoms with E-state index in [2.05, 4.69) is 37.7 Å². The summed E-state index contributed by atoms with van der Waals surface area (Å²) in [6.45, 7) is 6.21. The van der Waals surface area contributed by atoms with Crippen molar-refractivity contribution in [3.05, 3.63) is 11.9 Å². The SMILES string of the molecule is COc1cc(N2CCC(Br)C(C)C2)nc(C)n1. The summed E-state index contributed by atoms with van der Waals surface area (Å²) >= 11 is 3.71. The molecular weight excluding hydrogens is 282 g/mol. The van der Waals surface area contributed by atoms with Crippen molar-refractivity contribution in [2.24, 2.45) is 5.92 Å². The van der Waals surface area contributed by atoms with E-state index in [0.717, 1.165) is 31.2 Å².